The number of hydrogen-bond acceptors (Lipinski definition) is 4. The Morgan fingerprint density at radius 3 is 2.56 bits per heavy atom. The van der Waals surface area contributed by atoms with Crippen molar-refractivity contribution in [2.45, 2.75) is 26.3 Å². The molecular formula is C13H21N3O2. The van der Waals surface area contributed by atoms with Crippen molar-refractivity contribution in [1.29, 1.82) is 0 Å². The molecule has 0 aromatic heterocycles. The van der Waals surface area contributed by atoms with Gasteiger partial charge in [-0.2, -0.15) is 0 Å². The van der Waals surface area contributed by atoms with Gasteiger partial charge < -0.3 is 21.9 Å². The molecule has 1 rings (SSSR count). The van der Waals surface area contributed by atoms with E-state index in [9.17, 15) is 9.90 Å². The fourth-order valence-electron chi connectivity index (χ4n) is 1.82. The number of nitrogens with one attached hydrogen (secondary N) is 1. The van der Waals surface area contributed by atoms with Gasteiger partial charge in [-0.3, -0.25) is 4.79 Å². The van der Waals surface area contributed by atoms with Crippen molar-refractivity contribution in [3.05, 3.63) is 23.8 Å². The molecule has 0 saturated carbocycles. The molecule has 0 radical (unpaired) electrons. The van der Waals surface area contributed by atoms with Gasteiger partial charge in [0.2, 0.25) is 5.91 Å². The summed E-state index contributed by atoms with van der Waals surface area (Å²) < 4.78 is 0. The second kappa shape index (κ2) is 6.26. The number of primary amides is 1. The Hall–Kier alpha value is -1.75. The van der Waals surface area contributed by atoms with Crippen LogP contribution >= 0.6 is 0 Å². The molecule has 0 spiro atoms. The lowest BCUT2D eigenvalue weighted by atomic mass is 10.0. The summed E-state index contributed by atoms with van der Waals surface area (Å²) in [7, 11) is 0. The summed E-state index contributed by atoms with van der Waals surface area (Å²) in [6, 6.07) is 4.81. The summed E-state index contributed by atoms with van der Waals surface area (Å²) in [6.45, 7) is 4.21. The van der Waals surface area contributed by atoms with Gasteiger partial charge in [0.25, 0.3) is 0 Å². The molecule has 0 saturated heterocycles. The molecular weight excluding hydrogens is 230 g/mol. The predicted octanol–water partition coefficient (Wildman–Crippen LogP) is 1.19. The molecule has 0 aliphatic rings. The van der Waals surface area contributed by atoms with E-state index >= 15 is 0 Å². The fraction of sp³-hybridized carbons (Fsp3) is 0.462. The monoisotopic (exact) mass is 251 g/mol. The number of amides is 1. The van der Waals surface area contributed by atoms with Crippen LogP contribution in [0.3, 0.4) is 0 Å². The molecule has 100 valence electrons. The van der Waals surface area contributed by atoms with E-state index in [2.05, 4.69) is 19.2 Å². The smallest absolute Gasteiger partial charge is 0.248 e. The third-order valence-electron chi connectivity index (χ3n) is 2.67. The second-order valence-corrected chi connectivity index (χ2v) is 4.82. The van der Waals surface area contributed by atoms with Gasteiger partial charge in [-0.1, -0.05) is 13.8 Å². The van der Waals surface area contributed by atoms with Gasteiger partial charge in [-0.25, -0.2) is 0 Å². The van der Waals surface area contributed by atoms with Gasteiger partial charge in [-0.15, -0.1) is 0 Å². The summed E-state index contributed by atoms with van der Waals surface area (Å²) in [4.78, 5) is 11.0. The minimum atomic E-state index is -0.505. The molecule has 0 aliphatic heterocycles. The minimum absolute atomic E-state index is 0.0369. The van der Waals surface area contributed by atoms with Crippen LogP contribution in [0.25, 0.3) is 0 Å². The maximum absolute atomic E-state index is 11.0. The molecule has 1 aromatic carbocycles. The molecule has 1 aromatic rings. The van der Waals surface area contributed by atoms with Gasteiger partial charge in [0.15, 0.2) is 0 Å². The molecule has 0 fully saturated rings. The first kappa shape index (κ1) is 14.3. The van der Waals surface area contributed by atoms with Crippen LogP contribution in [0, 0.1) is 5.92 Å². The molecule has 0 aliphatic carbocycles. The summed E-state index contributed by atoms with van der Waals surface area (Å²) in [5.74, 6) is -0.0325. The number of aliphatic hydroxyl groups is 1. The van der Waals surface area contributed by atoms with Gasteiger partial charge in [0.05, 0.1) is 18.0 Å². The molecule has 6 N–H and O–H groups in total. The molecule has 0 bridgehead atoms. The summed E-state index contributed by atoms with van der Waals surface area (Å²) in [5, 5.41) is 12.5. The van der Waals surface area contributed by atoms with Crippen molar-refractivity contribution in [3.63, 3.8) is 0 Å². The molecule has 1 amide bonds. The SMILES string of the molecule is CC(C)CC(CO)Nc1ccc(C(N)=O)cc1N. The Morgan fingerprint density at radius 2 is 2.11 bits per heavy atom. The lowest BCUT2D eigenvalue weighted by Crippen LogP contribution is -2.26. The molecule has 0 heterocycles. The lowest BCUT2D eigenvalue weighted by molar-refractivity contribution is 0.100. The quantitative estimate of drug-likeness (QED) is 0.570. The van der Waals surface area contributed by atoms with E-state index in [1.54, 1.807) is 12.1 Å². The lowest BCUT2D eigenvalue weighted by Gasteiger charge is -2.20. The van der Waals surface area contributed by atoms with Crippen LogP contribution in [-0.2, 0) is 0 Å². The highest BCUT2D eigenvalue weighted by Crippen LogP contribution is 2.22. The maximum atomic E-state index is 11.0. The Bertz CT molecular complexity index is 419. The van der Waals surface area contributed by atoms with E-state index in [-0.39, 0.29) is 12.6 Å². The Balaban J connectivity index is 2.80. The summed E-state index contributed by atoms with van der Waals surface area (Å²) in [6.07, 6.45) is 0.841. The first-order valence-corrected chi connectivity index (χ1v) is 6.00. The normalized spacial score (nSPS) is 12.4. The highest BCUT2D eigenvalue weighted by Gasteiger charge is 2.12. The number of anilines is 2. The second-order valence-electron chi connectivity index (χ2n) is 4.82. The van der Waals surface area contributed by atoms with Crippen LogP contribution in [0.2, 0.25) is 0 Å². The zero-order valence-electron chi connectivity index (χ0n) is 10.8. The third kappa shape index (κ3) is 3.92. The fourth-order valence-corrected chi connectivity index (χ4v) is 1.82. The van der Waals surface area contributed by atoms with Gasteiger partial charge in [-0.05, 0) is 30.5 Å². The number of rotatable bonds is 6. The number of nitrogens with two attached hydrogens (primary N) is 2. The summed E-state index contributed by atoms with van der Waals surface area (Å²) in [5.41, 5.74) is 12.5. The largest absolute Gasteiger partial charge is 0.397 e. The van der Waals surface area contributed by atoms with Crippen LogP contribution in [-0.4, -0.2) is 23.7 Å². The maximum Gasteiger partial charge on any atom is 0.248 e. The Labute approximate surface area is 107 Å². The van der Waals surface area contributed by atoms with Gasteiger partial charge in [0, 0.05) is 11.6 Å². The van der Waals surface area contributed by atoms with E-state index in [1.165, 1.54) is 6.07 Å². The van der Waals surface area contributed by atoms with Crippen LogP contribution < -0.4 is 16.8 Å². The average molecular weight is 251 g/mol. The average Bonchev–Trinajstić information content (AvgIpc) is 2.29. The number of hydrogen-bond donors (Lipinski definition) is 4. The topological polar surface area (TPSA) is 101 Å². The van der Waals surface area contributed by atoms with Gasteiger partial charge in [0.1, 0.15) is 0 Å². The van der Waals surface area contributed by atoms with Crippen molar-refractivity contribution >= 4 is 17.3 Å². The molecule has 18 heavy (non-hydrogen) atoms. The van der Waals surface area contributed by atoms with Crippen molar-refractivity contribution in [1.82, 2.24) is 0 Å². The van der Waals surface area contributed by atoms with Gasteiger partial charge >= 0.3 is 0 Å². The number of nitrogen functional groups attached to an aromatic ring is 1. The first-order chi connectivity index (χ1) is 8.43. The van der Waals surface area contributed by atoms with E-state index in [1.807, 2.05) is 0 Å². The van der Waals surface area contributed by atoms with Crippen molar-refractivity contribution in [2.24, 2.45) is 11.7 Å². The van der Waals surface area contributed by atoms with E-state index < -0.39 is 5.91 Å². The molecule has 1 unspecified atom stereocenters. The summed E-state index contributed by atoms with van der Waals surface area (Å²) >= 11 is 0. The zero-order valence-corrected chi connectivity index (χ0v) is 10.8. The Kier molecular flexibility index (Phi) is 4.97. The molecule has 1 atom stereocenters. The molecule has 5 heteroatoms. The first-order valence-electron chi connectivity index (χ1n) is 6.00. The van der Waals surface area contributed by atoms with Crippen LogP contribution in [0.5, 0.6) is 0 Å². The Morgan fingerprint density at radius 1 is 1.44 bits per heavy atom. The number of carbonyl (C=O) groups is 1. The predicted molar refractivity (Wildman–Crippen MR) is 73.3 cm³/mol. The standard InChI is InChI=1S/C13H21N3O2/c1-8(2)5-10(7-17)16-12-4-3-9(13(15)18)6-11(12)14/h3-4,6,8,10,16-17H,5,7,14H2,1-2H3,(H2,15,18). The number of aliphatic hydroxyl groups excluding tert-OH is 1. The highest BCUT2D eigenvalue weighted by molar-refractivity contribution is 5.94. The third-order valence-corrected chi connectivity index (χ3v) is 2.67. The molecule has 5 nitrogen and oxygen atoms in total. The van der Waals surface area contributed by atoms with Crippen LogP contribution in [0.4, 0.5) is 11.4 Å². The van der Waals surface area contributed by atoms with E-state index in [0.717, 1.165) is 6.42 Å². The highest BCUT2D eigenvalue weighted by atomic mass is 16.3. The number of carbonyl (C=O) groups excluding carboxylic acids is 1. The van der Waals surface area contributed by atoms with Crippen LogP contribution in [0.15, 0.2) is 18.2 Å². The van der Waals surface area contributed by atoms with Crippen molar-refractivity contribution in [2.75, 3.05) is 17.7 Å². The number of benzene rings is 1. The van der Waals surface area contributed by atoms with E-state index in [0.29, 0.717) is 22.9 Å². The zero-order chi connectivity index (χ0) is 13.7. The van der Waals surface area contributed by atoms with Crippen molar-refractivity contribution < 1.29 is 9.90 Å². The van der Waals surface area contributed by atoms with Crippen molar-refractivity contribution in [3.8, 4) is 0 Å². The van der Waals surface area contributed by atoms with E-state index in [4.69, 9.17) is 11.5 Å². The van der Waals surface area contributed by atoms with Crippen LogP contribution in [0.1, 0.15) is 30.6 Å². The minimum Gasteiger partial charge on any atom is -0.397 e.